The van der Waals surface area contributed by atoms with Crippen molar-refractivity contribution in [3.05, 3.63) is 145 Å². The van der Waals surface area contributed by atoms with Crippen LogP contribution >= 0.6 is 11.3 Å². The lowest BCUT2D eigenvalue weighted by molar-refractivity contribution is 1.24. The van der Waals surface area contributed by atoms with Crippen LogP contribution in [0.2, 0.25) is 0 Å². The Labute approximate surface area is 248 Å². The predicted molar refractivity (Wildman–Crippen MR) is 179 cm³/mol. The molecule has 198 valence electrons. The minimum Gasteiger partial charge on any atom is -0.226 e. The third kappa shape index (κ3) is 4.36. The summed E-state index contributed by atoms with van der Waals surface area (Å²) in [7, 11) is 0. The number of rotatable bonds is 4. The zero-order chi connectivity index (χ0) is 28.0. The van der Waals surface area contributed by atoms with Crippen molar-refractivity contribution >= 4 is 42.4 Å². The molecule has 42 heavy (non-hydrogen) atoms. The summed E-state index contributed by atoms with van der Waals surface area (Å²) in [6.45, 7) is 2.14. The van der Waals surface area contributed by atoms with Crippen LogP contribution in [0.5, 0.6) is 0 Å². The van der Waals surface area contributed by atoms with E-state index in [2.05, 4.69) is 122 Å². The van der Waals surface area contributed by atoms with Crippen molar-refractivity contribution in [2.75, 3.05) is 0 Å². The lowest BCUT2D eigenvalue weighted by atomic mass is 9.99. The summed E-state index contributed by atoms with van der Waals surface area (Å²) in [6, 6.07) is 49.7. The highest BCUT2D eigenvalue weighted by molar-refractivity contribution is 7.26. The fourth-order valence-electron chi connectivity index (χ4n) is 5.73. The molecule has 0 unspecified atom stereocenters. The van der Waals surface area contributed by atoms with Gasteiger partial charge in [0.05, 0.1) is 15.9 Å². The molecular weight excluding hydrogens is 529 g/mol. The van der Waals surface area contributed by atoms with E-state index in [0.717, 1.165) is 32.9 Å². The van der Waals surface area contributed by atoms with E-state index in [0.29, 0.717) is 0 Å². The van der Waals surface area contributed by atoms with Gasteiger partial charge in [-0.05, 0) is 58.1 Å². The van der Waals surface area contributed by atoms with Crippen LogP contribution in [0.1, 0.15) is 5.56 Å². The Kier molecular flexibility index (Phi) is 5.90. The number of aromatic nitrogens is 2. The van der Waals surface area contributed by atoms with E-state index in [1.54, 1.807) is 11.3 Å². The molecule has 0 amide bonds. The molecule has 0 spiro atoms. The number of benzene rings is 6. The standard InChI is InChI=1S/C39H26N2S/c1-25-12-13-31-23-32(19-18-30(31)22-25)33-20-21-35-34(24-33)37-38(42-35)36(40-39(41-37)29-10-6-3-7-11-29)28-16-14-27(15-17-28)26-8-4-2-5-9-26/h2-24H,1H3. The summed E-state index contributed by atoms with van der Waals surface area (Å²) >= 11 is 1.77. The SMILES string of the molecule is Cc1ccc2cc(-c3ccc4sc5c(-c6ccc(-c7ccccc7)cc6)nc(-c6ccccc6)nc5c4c3)ccc2c1. The van der Waals surface area contributed by atoms with E-state index in [1.807, 2.05) is 24.3 Å². The zero-order valence-corrected chi connectivity index (χ0v) is 23.9. The summed E-state index contributed by atoms with van der Waals surface area (Å²) in [5, 5.41) is 3.69. The zero-order valence-electron chi connectivity index (χ0n) is 23.1. The number of hydrogen-bond donors (Lipinski definition) is 0. The predicted octanol–water partition coefficient (Wildman–Crippen LogP) is 11.0. The van der Waals surface area contributed by atoms with Gasteiger partial charge in [0.15, 0.2) is 5.82 Å². The number of thiophene rings is 1. The van der Waals surface area contributed by atoms with Crippen molar-refractivity contribution in [2.24, 2.45) is 0 Å². The number of hydrogen-bond acceptors (Lipinski definition) is 3. The van der Waals surface area contributed by atoms with E-state index in [9.17, 15) is 0 Å². The summed E-state index contributed by atoms with van der Waals surface area (Å²) < 4.78 is 2.33. The van der Waals surface area contributed by atoms with E-state index in [1.165, 1.54) is 48.7 Å². The highest BCUT2D eigenvalue weighted by Gasteiger charge is 2.17. The second-order valence-corrected chi connectivity index (χ2v) is 11.8. The van der Waals surface area contributed by atoms with Crippen LogP contribution in [-0.2, 0) is 0 Å². The first kappa shape index (κ1) is 24.7. The van der Waals surface area contributed by atoms with Crippen molar-refractivity contribution in [1.82, 2.24) is 9.97 Å². The maximum absolute atomic E-state index is 5.18. The molecule has 0 aliphatic rings. The van der Waals surface area contributed by atoms with E-state index < -0.39 is 0 Å². The van der Waals surface area contributed by atoms with Gasteiger partial charge in [0.25, 0.3) is 0 Å². The average molecular weight is 555 g/mol. The number of nitrogens with zero attached hydrogens (tertiary/aromatic N) is 2. The maximum atomic E-state index is 5.18. The summed E-state index contributed by atoms with van der Waals surface area (Å²) in [5.41, 5.74) is 10.2. The van der Waals surface area contributed by atoms with Gasteiger partial charge in [-0.1, -0.05) is 127 Å². The third-order valence-corrected chi connectivity index (χ3v) is 9.11. The minimum absolute atomic E-state index is 0.747. The van der Waals surface area contributed by atoms with Crippen molar-refractivity contribution in [1.29, 1.82) is 0 Å². The molecule has 0 aliphatic carbocycles. The first-order valence-electron chi connectivity index (χ1n) is 14.2. The molecule has 2 aromatic heterocycles. The highest BCUT2D eigenvalue weighted by atomic mass is 32.1. The number of fused-ring (bicyclic) bond motifs is 4. The molecule has 0 fully saturated rings. The molecule has 8 aromatic rings. The average Bonchev–Trinajstić information content (AvgIpc) is 3.43. The Balaban J connectivity index is 1.31. The van der Waals surface area contributed by atoms with Crippen LogP contribution in [-0.4, -0.2) is 9.97 Å². The molecule has 0 saturated carbocycles. The summed E-state index contributed by atoms with van der Waals surface area (Å²) in [4.78, 5) is 10.3. The van der Waals surface area contributed by atoms with Gasteiger partial charge in [0.2, 0.25) is 0 Å². The van der Waals surface area contributed by atoms with Gasteiger partial charge < -0.3 is 0 Å². The lowest BCUT2D eigenvalue weighted by Gasteiger charge is -2.09. The van der Waals surface area contributed by atoms with Gasteiger partial charge in [-0.25, -0.2) is 9.97 Å². The molecule has 0 bridgehead atoms. The van der Waals surface area contributed by atoms with Crippen molar-refractivity contribution in [2.45, 2.75) is 6.92 Å². The molecule has 8 rings (SSSR count). The first-order valence-corrected chi connectivity index (χ1v) is 15.0. The van der Waals surface area contributed by atoms with Crippen LogP contribution in [0.4, 0.5) is 0 Å². The lowest BCUT2D eigenvalue weighted by Crippen LogP contribution is -1.93. The summed E-state index contributed by atoms with van der Waals surface area (Å²) in [6.07, 6.45) is 0. The van der Waals surface area contributed by atoms with Crippen molar-refractivity contribution < 1.29 is 0 Å². The van der Waals surface area contributed by atoms with E-state index >= 15 is 0 Å². The van der Waals surface area contributed by atoms with Gasteiger partial charge in [-0.3, -0.25) is 0 Å². The van der Waals surface area contributed by atoms with Crippen LogP contribution in [0.15, 0.2) is 140 Å². The van der Waals surface area contributed by atoms with Crippen LogP contribution < -0.4 is 0 Å². The van der Waals surface area contributed by atoms with Crippen LogP contribution in [0.25, 0.3) is 76.0 Å². The second kappa shape index (κ2) is 10.1. The van der Waals surface area contributed by atoms with Gasteiger partial charge in [0, 0.05) is 21.2 Å². The monoisotopic (exact) mass is 554 g/mol. The van der Waals surface area contributed by atoms with Crippen LogP contribution in [0, 0.1) is 6.92 Å². The largest absolute Gasteiger partial charge is 0.226 e. The minimum atomic E-state index is 0.747. The molecule has 6 aromatic carbocycles. The van der Waals surface area contributed by atoms with Gasteiger partial charge >= 0.3 is 0 Å². The number of aryl methyl sites for hydroxylation is 1. The fourth-order valence-corrected chi connectivity index (χ4v) is 6.87. The topological polar surface area (TPSA) is 25.8 Å². The molecule has 0 atom stereocenters. The molecular formula is C39H26N2S. The van der Waals surface area contributed by atoms with Gasteiger partial charge in [0.1, 0.15) is 0 Å². The van der Waals surface area contributed by atoms with Crippen molar-refractivity contribution in [3.63, 3.8) is 0 Å². The van der Waals surface area contributed by atoms with Gasteiger partial charge in [-0.2, -0.15) is 0 Å². The Hall–Kier alpha value is -5.12. The van der Waals surface area contributed by atoms with E-state index in [-0.39, 0.29) is 0 Å². The smallest absolute Gasteiger partial charge is 0.160 e. The van der Waals surface area contributed by atoms with Gasteiger partial charge in [-0.15, -0.1) is 11.3 Å². The Morgan fingerprint density at radius 1 is 0.476 bits per heavy atom. The molecule has 2 heterocycles. The highest BCUT2D eigenvalue weighted by Crippen LogP contribution is 2.41. The Morgan fingerprint density at radius 3 is 1.86 bits per heavy atom. The molecule has 0 radical (unpaired) electrons. The molecule has 2 nitrogen and oxygen atoms in total. The second-order valence-electron chi connectivity index (χ2n) is 10.8. The quantitative estimate of drug-likeness (QED) is 0.216. The normalized spacial score (nSPS) is 11.5. The third-order valence-electron chi connectivity index (χ3n) is 7.94. The maximum Gasteiger partial charge on any atom is 0.160 e. The van der Waals surface area contributed by atoms with E-state index in [4.69, 9.17) is 9.97 Å². The fraction of sp³-hybridized carbons (Fsp3) is 0.0256. The molecule has 0 saturated heterocycles. The van der Waals surface area contributed by atoms with Crippen LogP contribution in [0.3, 0.4) is 0 Å². The molecule has 0 aliphatic heterocycles. The Morgan fingerprint density at radius 2 is 1.07 bits per heavy atom. The molecule has 3 heteroatoms. The summed E-state index contributed by atoms with van der Waals surface area (Å²) in [5.74, 6) is 0.747. The first-order chi connectivity index (χ1) is 20.7. The molecule has 0 N–H and O–H groups in total. The Bertz CT molecular complexity index is 2230. The van der Waals surface area contributed by atoms with Crippen molar-refractivity contribution in [3.8, 4) is 44.9 Å².